The van der Waals surface area contributed by atoms with Crippen LogP contribution in [0.3, 0.4) is 0 Å². The zero-order chi connectivity index (χ0) is 29.9. The number of halogens is 3. The predicted octanol–water partition coefficient (Wildman–Crippen LogP) is 1.86. The fourth-order valence-electron chi connectivity index (χ4n) is 4.47. The number of carboxylic acid groups (broad SMARTS) is 1. The smallest absolute Gasteiger partial charge is 0.490 e. The van der Waals surface area contributed by atoms with Gasteiger partial charge in [0.05, 0.1) is 49.9 Å². The summed E-state index contributed by atoms with van der Waals surface area (Å²) in [4.78, 5) is 20.3. The SMILES string of the molecule is COc1cc2c(cc1Nc1ncc3cnn(C[C@H]4CN(S(C)(=O)=O)CCO4)c3n1)CN(C)CC2.O=C(O)C(F)(F)F. The van der Waals surface area contributed by atoms with Crippen LogP contribution in [0.2, 0.25) is 0 Å². The zero-order valence-electron chi connectivity index (χ0n) is 22.6. The second kappa shape index (κ2) is 12.1. The van der Waals surface area contributed by atoms with Gasteiger partial charge in [-0.1, -0.05) is 0 Å². The highest BCUT2D eigenvalue weighted by Gasteiger charge is 2.38. The molecule has 2 aromatic heterocycles. The highest BCUT2D eigenvalue weighted by molar-refractivity contribution is 7.88. The van der Waals surface area contributed by atoms with Crippen LogP contribution in [0.5, 0.6) is 5.75 Å². The van der Waals surface area contributed by atoms with Crippen molar-refractivity contribution in [1.29, 1.82) is 0 Å². The molecule has 1 fully saturated rings. The minimum absolute atomic E-state index is 0.289. The quantitative estimate of drug-likeness (QED) is 0.426. The molecule has 2 N–H and O–H groups in total. The maximum Gasteiger partial charge on any atom is 0.490 e. The van der Waals surface area contributed by atoms with Crippen LogP contribution in [-0.2, 0) is 39.1 Å². The van der Waals surface area contributed by atoms with E-state index in [1.807, 2.05) is 0 Å². The number of ether oxygens (including phenoxy) is 2. The first-order valence-corrected chi connectivity index (χ1v) is 14.3. The summed E-state index contributed by atoms with van der Waals surface area (Å²) in [5.41, 5.74) is 4.01. The topological polar surface area (TPSA) is 152 Å². The number of morpholine rings is 1. The van der Waals surface area contributed by atoms with Crippen molar-refractivity contribution in [3.8, 4) is 5.75 Å². The Balaban J connectivity index is 0.000000493. The Hall–Kier alpha value is -3.54. The number of hydrogen-bond donors (Lipinski definition) is 2. The number of aliphatic carboxylic acids is 1. The molecular weight excluding hydrogens is 571 g/mol. The number of carbonyl (C=O) groups is 1. The summed E-state index contributed by atoms with van der Waals surface area (Å²) in [6.45, 7) is 3.30. The fraction of sp³-hybridized carbons (Fsp3) is 0.500. The van der Waals surface area contributed by atoms with Gasteiger partial charge in [-0.05, 0) is 36.7 Å². The Morgan fingerprint density at radius 1 is 1.24 bits per heavy atom. The molecule has 0 unspecified atom stereocenters. The summed E-state index contributed by atoms with van der Waals surface area (Å²) in [5, 5.41) is 15.7. The number of rotatable bonds is 6. The molecule has 1 saturated heterocycles. The van der Waals surface area contributed by atoms with Crippen LogP contribution >= 0.6 is 0 Å². The van der Waals surface area contributed by atoms with Crippen molar-refractivity contribution >= 4 is 38.7 Å². The van der Waals surface area contributed by atoms with Crippen molar-refractivity contribution in [3.05, 3.63) is 35.7 Å². The second-order valence-corrected chi connectivity index (χ2v) is 11.6. The minimum Gasteiger partial charge on any atom is -0.495 e. The molecule has 0 saturated carbocycles. The first-order valence-electron chi connectivity index (χ1n) is 12.5. The molecule has 224 valence electrons. The molecule has 1 aromatic carbocycles. The number of likely N-dealkylation sites (N-methyl/N-ethyl adjacent to an activating group) is 1. The number of nitrogens with zero attached hydrogens (tertiary/aromatic N) is 6. The molecule has 0 radical (unpaired) electrons. The van der Waals surface area contributed by atoms with Crippen molar-refractivity contribution in [1.82, 2.24) is 29.0 Å². The van der Waals surface area contributed by atoms with Gasteiger partial charge in [0.2, 0.25) is 16.0 Å². The Kier molecular flexibility index (Phi) is 9.00. The molecule has 0 aliphatic carbocycles. The van der Waals surface area contributed by atoms with Gasteiger partial charge in [-0.15, -0.1) is 0 Å². The summed E-state index contributed by atoms with van der Waals surface area (Å²) >= 11 is 0. The van der Waals surface area contributed by atoms with Crippen LogP contribution in [0.25, 0.3) is 11.0 Å². The van der Waals surface area contributed by atoms with Crippen LogP contribution in [0.4, 0.5) is 24.8 Å². The highest BCUT2D eigenvalue weighted by Crippen LogP contribution is 2.33. The molecule has 0 amide bonds. The number of nitrogens with one attached hydrogen (secondary N) is 1. The maximum absolute atomic E-state index is 11.9. The monoisotopic (exact) mass is 601 g/mol. The van der Waals surface area contributed by atoms with Gasteiger partial charge in [0.25, 0.3) is 0 Å². The molecule has 3 aromatic rings. The molecule has 0 bridgehead atoms. The van der Waals surface area contributed by atoms with Crippen molar-refractivity contribution in [2.24, 2.45) is 0 Å². The van der Waals surface area contributed by atoms with Crippen LogP contribution in [0.1, 0.15) is 11.1 Å². The van der Waals surface area contributed by atoms with Crippen molar-refractivity contribution in [2.45, 2.75) is 31.8 Å². The predicted molar refractivity (Wildman–Crippen MR) is 141 cm³/mol. The van der Waals surface area contributed by atoms with Gasteiger partial charge in [0, 0.05) is 32.4 Å². The van der Waals surface area contributed by atoms with Crippen LogP contribution in [0.15, 0.2) is 24.5 Å². The maximum atomic E-state index is 11.9. The van der Waals surface area contributed by atoms with Crippen LogP contribution < -0.4 is 10.1 Å². The molecular formula is C24H30F3N7O6S. The third-order valence-electron chi connectivity index (χ3n) is 6.54. The van der Waals surface area contributed by atoms with E-state index in [4.69, 9.17) is 24.4 Å². The van der Waals surface area contributed by atoms with Gasteiger partial charge in [0.1, 0.15) is 5.75 Å². The molecule has 1 atom stereocenters. The Morgan fingerprint density at radius 2 is 1.98 bits per heavy atom. The van der Waals surface area contributed by atoms with Crippen molar-refractivity contribution in [2.75, 3.05) is 52.0 Å². The van der Waals surface area contributed by atoms with Gasteiger partial charge >= 0.3 is 12.1 Å². The van der Waals surface area contributed by atoms with Crippen molar-refractivity contribution in [3.63, 3.8) is 0 Å². The Bertz CT molecular complexity index is 1520. The lowest BCUT2D eigenvalue weighted by atomic mass is 9.99. The minimum atomic E-state index is -5.08. The number of alkyl halides is 3. The van der Waals surface area contributed by atoms with Gasteiger partial charge < -0.3 is 24.8 Å². The molecule has 2 aliphatic heterocycles. The lowest BCUT2D eigenvalue weighted by Crippen LogP contribution is -2.46. The van der Waals surface area contributed by atoms with Gasteiger partial charge in [-0.25, -0.2) is 22.9 Å². The van der Waals surface area contributed by atoms with Gasteiger partial charge in [-0.3, -0.25) is 0 Å². The lowest BCUT2D eigenvalue weighted by molar-refractivity contribution is -0.192. The Labute approximate surface area is 233 Å². The average Bonchev–Trinajstić information content (AvgIpc) is 3.29. The number of sulfonamides is 1. The van der Waals surface area contributed by atoms with E-state index >= 15 is 0 Å². The highest BCUT2D eigenvalue weighted by atomic mass is 32.2. The van der Waals surface area contributed by atoms with E-state index in [-0.39, 0.29) is 12.6 Å². The fourth-order valence-corrected chi connectivity index (χ4v) is 5.32. The molecule has 4 heterocycles. The summed E-state index contributed by atoms with van der Waals surface area (Å²) in [6, 6.07) is 4.19. The standard InChI is InChI=1S/C22H29N7O4S.C2HF3O2/c1-27-5-4-15-9-20(32-2)19(8-16(15)12-27)25-22-23-10-17-11-24-29(21(17)26-22)14-18-13-28(6-7-33-18)34(3,30)31;3-2(4,5)1(6)7/h8-11,18H,4-7,12-14H2,1-3H3,(H,23,25,26);(H,6,7)/t18-;/m1./s1. The third kappa shape index (κ3) is 7.60. The van der Waals surface area contributed by atoms with Crippen molar-refractivity contribution < 1.29 is 41.0 Å². The summed E-state index contributed by atoms with van der Waals surface area (Å²) in [7, 11) is 0.507. The number of anilines is 2. The number of hydrogen-bond acceptors (Lipinski definition) is 10. The first kappa shape index (κ1) is 30.4. The number of carboxylic acids is 1. The number of benzene rings is 1. The molecule has 13 nitrogen and oxygen atoms in total. The summed E-state index contributed by atoms with van der Waals surface area (Å²) in [5.74, 6) is -1.58. The third-order valence-corrected chi connectivity index (χ3v) is 7.81. The number of methoxy groups -OCH3 is 1. The normalized spacial score (nSPS) is 18.3. The number of aromatic nitrogens is 4. The first-order chi connectivity index (χ1) is 19.2. The van der Waals surface area contributed by atoms with E-state index in [0.29, 0.717) is 31.3 Å². The molecule has 5 rings (SSSR count). The van der Waals surface area contributed by atoms with Gasteiger partial charge in [0.15, 0.2) is 5.65 Å². The van der Waals surface area contributed by atoms with E-state index in [1.165, 1.54) is 21.7 Å². The van der Waals surface area contributed by atoms with E-state index in [1.54, 1.807) is 24.2 Å². The number of fused-ring (bicyclic) bond motifs is 2. The summed E-state index contributed by atoms with van der Waals surface area (Å²) < 4.78 is 70.2. The summed E-state index contributed by atoms with van der Waals surface area (Å²) in [6.07, 6.45) is 0.236. The van der Waals surface area contributed by atoms with E-state index in [2.05, 4.69) is 39.5 Å². The largest absolute Gasteiger partial charge is 0.495 e. The second-order valence-electron chi connectivity index (χ2n) is 9.65. The lowest BCUT2D eigenvalue weighted by Gasteiger charge is -2.31. The van der Waals surface area contributed by atoms with E-state index in [0.717, 1.165) is 36.3 Å². The van der Waals surface area contributed by atoms with Crippen LogP contribution in [0, 0.1) is 0 Å². The molecule has 17 heteroatoms. The van der Waals surface area contributed by atoms with E-state index in [9.17, 15) is 21.6 Å². The zero-order valence-corrected chi connectivity index (χ0v) is 23.4. The van der Waals surface area contributed by atoms with Crippen LogP contribution in [-0.4, -0.2) is 107 Å². The molecule has 0 spiro atoms. The average molecular weight is 602 g/mol. The Morgan fingerprint density at radius 3 is 2.63 bits per heavy atom. The van der Waals surface area contributed by atoms with Gasteiger partial charge in [-0.2, -0.15) is 27.6 Å². The molecule has 2 aliphatic rings. The molecule has 41 heavy (non-hydrogen) atoms. The van der Waals surface area contributed by atoms with E-state index < -0.39 is 22.2 Å².